The van der Waals surface area contributed by atoms with Gasteiger partial charge in [-0.15, -0.1) is 0 Å². The molecule has 0 unspecified atom stereocenters. The number of hydrogen-bond acceptors (Lipinski definition) is 1. The van der Waals surface area contributed by atoms with Crippen molar-refractivity contribution in [3.8, 4) is 0 Å². The Morgan fingerprint density at radius 3 is 1.29 bits per heavy atom. The maximum atomic E-state index is 13.4. The molecule has 4 aromatic carbocycles. The molecule has 4 rings (SSSR count). The van der Waals surface area contributed by atoms with Crippen LogP contribution in [-0.2, 0) is 11.2 Å². The molecule has 1 nitrogen and oxygen atoms in total. The summed E-state index contributed by atoms with van der Waals surface area (Å²) < 4.78 is 0. The number of ketones is 1. The van der Waals surface area contributed by atoms with Crippen LogP contribution in [-0.4, -0.2) is 11.9 Å². The predicted molar refractivity (Wildman–Crippen MR) is 130 cm³/mol. The maximum Gasteiger partial charge on any atom is 0.171 e. The van der Waals surface area contributed by atoms with Gasteiger partial charge in [-0.2, -0.15) is 0 Å². The van der Waals surface area contributed by atoms with Gasteiger partial charge in [0.1, 0.15) is 29.3 Å². The lowest BCUT2D eigenvalue weighted by Crippen LogP contribution is -3.00. The second kappa shape index (κ2) is 11.2. The Morgan fingerprint density at radius 2 is 0.903 bits per heavy atom. The van der Waals surface area contributed by atoms with Crippen molar-refractivity contribution in [3.63, 3.8) is 0 Å². The number of halogens is 1. The van der Waals surface area contributed by atoms with Crippen LogP contribution < -0.4 is 32.9 Å². The first-order chi connectivity index (χ1) is 14.8. The van der Waals surface area contributed by atoms with Crippen LogP contribution in [0.4, 0.5) is 0 Å². The van der Waals surface area contributed by atoms with Gasteiger partial charge >= 0.3 is 0 Å². The number of rotatable bonds is 8. The van der Waals surface area contributed by atoms with E-state index in [2.05, 4.69) is 84.9 Å². The highest BCUT2D eigenvalue weighted by Gasteiger charge is 2.46. The second-order valence-corrected chi connectivity index (χ2v) is 11.0. The monoisotopic (exact) mass is 488 g/mol. The Bertz CT molecular complexity index is 970. The summed E-state index contributed by atoms with van der Waals surface area (Å²) in [4.78, 5) is 13.4. The van der Waals surface area contributed by atoms with Crippen LogP contribution in [0.2, 0.25) is 0 Å². The van der Waals surface area contributed by atoms with Crippen molar-refractivity contribution in [3.05, 3.63) is 127 Å². The van der Waals surface area contributed by atoms with Gasteiger partial charge < -0.3 is 17.0 Å². The Morgan fingerprint density at radius 1 is 0.548 bits per heavy atom. The topological polar surface area (TPSA) is 17.1 Å². The van der Waals surface area contributed by atoms with Crippen molar-refractivity contribution in [2.75, 3.05) is 6.16 Å². The smallest absolute Gasteiger partial charge is 0.171 e. The Hall–Kier alpha value is -2.54. The Balaban J connectivity index is 0.00000272. The van der Waals surface area contributed by atoms with Crippen molar-refractivity contribution >= 4 is 29.0 Å². The summed E-state index contributed by atoms with van der Waals surface area (Å²) in [6.07, 6.45) is 1.91. The van der Waals surface area contributed by atoms with E-state index in [-0.39, 0.29) is 17.0 Å². The minimum Gasteiger partial charge on any atom is -1.00 e. The highest BCUT2D eigenvalue weighted by Crippen LogP contribution is 2.55. The Labute approximate surface area is 196 Å². The zero-order valence-corrected chi connectivity index (χ0v) is 19.9. The molecule has 0 aliphatic rings. The van der Waals surface area contributed by atoms with Gasteiger partial charge in [0.2, 0.25) is 0 Å². The first-order valence-corrected chi connectivity index (χ1v) is 12.4. The number of Topliss-reactive ketones (excluding diaryl/α,β-unsaturated/α-hetero) is 1. The number of benzene rings is 4. The minimum atomic E-state index is -2.08. The molecule has 0 aliphatic heterocycles. The maximum absolute atomic E-state index is 13.4. The van der Waals surface area contributed by atoms with Crippen LogP contribution in [0, 0.1) is 0 Å². The molecule has 3 heteroatoms. The van der Waals surface area contributed by atoms with Crippen LogP contribution in [0.1, 0.15) is 12.0 Å². The second-order valence-electron chi connectivity index (χ2n) is 7.50. The van der Waals surface area contributed by atoms with Crippen molar-refractivity contribution in [1.29, 1.82) is 0 Å². The minimum absolute atomic E-state index is 0. The summed E-state index contributed by atoms with van der Waals surface area (Å²) in [5.41, 5.74) is 1.22. The molecule has 0 saturated heterocycles. The van der Waals surface area contributed by atoms with E-state index in [1.54, 1.807) is 0 Å². The van der Waals surface area contributed by atoms with Crippen LogP contribution >= 0.6 is 7.26 Å². The molecule has 0 spiro atoms. The van der Waals surface area contributed by atoms with Gasteiger partial charge in [-0.1, -0.05) is 84.9 Å². The largest absolute Gasteiger partial charge is 1.00 e. The quantitative estimate of drug-likeness (QED) is 0.347. The fraction of sp³-hybridized carbons (Fsp3) is 0.107. The summed E-state index contributed by atoms with van der Waals surface area (Å²) in [7, 11) is -2.08. The van der Waals surface area contributed by atoms with Crippen molar-refractivity contribution in [2.24, 2.45) is 0 Å². The van der Waals surface area contributed by atoms with Gasteiger partial charge in [-0.05, 0) is 48.4 Å². The normalized spacial score (nSPS) is 10.8. The lowest BCUT2D eigenvalue weighted by atomic mass is 10.1. The van der Waals surface area contributed by atoms with E-state index in [4.69, 9.17) is 0 Å². The molecule has 0 radical (unpaired) electrons. The molecule has 0 saturated carbocycles. The van der Waals surface area contributed by atoms with Gasteiger partial charge in [0.05, 0.1) is 0 Å². The molecule has 4 aromatic rings. The van der Waals surface area contributed by atoms with E-state index in [1.165, 1.54) is 21.5 Å². The third-order valence-corrected chi connectivity index (χ3v) is 9.91. The van der Waals surface area contributed by atoms with Gasteiger partial charge in [0, 0.05) is 6.42 Å². The molecule has 0 N–H and O–H groups in total. The first-order valence-electron chi connectivity index (χ1n) is 10.4. The van der Waals surface area contributed by atoms with E-state index in [1.807, 2.05) is 36.4 Å². The molecular weight excluding hydrogens is 463 g/mol. The molecule has 0 aromatic heterocycles. The van der Waals surface area contributed by atoms with E-state index in [0.29, 0.717) is 18.4 Å². The summed E-state index contributed by atoms with van der Waals surface area (Å²) in [5, 5.41) is 3.78. The SMILES string of the molecule is O=C(CCc1ccccc1)C[P+](c1ccccc1)(c1ccccc1)c1ccccc1.[Br-]. The zero-order chi connectivity index (χ0) is 20.7. The first kappa shape index (κ1) is 23.1. The number of carbonyl (C=O) groups is 1. The lowest BCUT2D eigenvalue weighted by molar-refractivity contribution is -0.116. The standard InChI is InChI=1S/C28H26OP.BrH/c29-25(22-21-24-13-5-1-6-14-24)23-30(26-15-7-2-8-16-26,27-17-9-3-10-18-27)28-19-11-4-12-20-28;/h1-20H,21-23H2;1H/q+1;/p-1. The van der Waals surface area contributed by atoms with Crippen molar-refractivity contribution in [2.45, 2.75) is 12.8 Å². The van der Waals surface area contributed by atoms with Crippen molar-refractivity contribution < 1.29 is 21.8 Å². The van der Waals surface area contributed by atoms with Crippen molar-refractivity contribution in [1.82, 2.24) is 0 Å². The summed E-state index contributed by atoms with van der Waals surface area (Å²) in [6.45, 7) is 0. The molecular formula is C28H26BrOP. The predicted octanol–water partition coefficient (Wildman–Crippen LogP) is 2.19. The molecule has 156 valence electrons. The fourth-order valence-electron chi connectivity index (χ4n) is 4.04. The van der Waals surface area contributed by atoms with Gasteiger partial charge in [-0.25, -0.2) is 0 Å². The van der Waals surface area contributed by atoms with Crippen LogP contribution in [0.25, 0.3) is 0 Å². The van der Waals surface area contributed by atoms with E-state index >= 15 is 0 Å². The number of hydrogen-bond donors (Lipinski definition) is 0. The Kier molecular flexibility index (Phi) is 8.35. The van der Waals surface area contributed by atoms with Gasteiger partial charge in [-0.3, -0.25) is 4.79 Å². The molecule has 0 atom stereocenters. The third kappa shape index (κ3) is 5.39. The highest BCUT2D eigenvalue weighted by molar-refractivity contribution is 7.96. The van der Waals surface area contributed by atoms with Gasteiger partial charge in [0.25, 0.3) is 0 Å². The summed E-state index contributed by atoms with van der Waals surface area (Å²) >= 11 is 0. The molecule has 0 amide bonds. The zero-order valence-electron chi connectivity index (χ0n) is 17.4. The number of carbonyl (C=O) groups excluding carboxylic acids is 1. The van der Waals surface area contributed by atoms with E-state index in [9.17, 15) is 4.79 Å². The summed E-state index contributed by atoms with van der Waals surface area (Å²) in [5.74, 6) is 0.323. The highest BCUT2D eigenvalue weighted by atomic mass is 79.9. The molecule has 0 fully saturated rings. The van der Waals surface area contributed by atoms with E-state index < -0.39 is 7.26 Å². The number of aryl methyl sites for hydroxylation is 1. The van der Waals surface area contributed by atoms with Crippen LogP contribution in [0.15, 0.2) is 121 Å². The van der Waals surface area contributed by atoms with Crippen LogP contribution in [0.5, 0.6) is 0 Å². The average Bonchev–Trinajstić information content (AvgIpc) is 2.83. The average molecular weight is 489 g/mol. The fourth-order valence-corrected chi connectivity index (χ4v) is 8.21. The molecule has 0 heterocycles. The summed E-state index contributed by atoms with van der Waals surface area (Å²) in [6, 6.07) is 42.1. The molecule has 0 bridgehead atoms. The van der Waals surface area contributed by atoms with Gasteiger partial charge in [0.15, 0.2) is 5.78 Å². The molecule has 0 aliphatic carbocycles. The lowest BCUT2D eigenvalue weighted by Gasteiger charge is -2.27. The third-order valence-electron chi connectivity index (χ3n) is 5.54. The van der Waals surface area contributed by atoms with Crippen LogP contribution in [0.3, 0.4) is 0 Å². The van der Waals surface area contributed by atoms with E-state index in [0.717, 1.165) is 6.42 Å². The molecule has 31 heavy (non-hydrogen) atoms.